The van der Waals surface area contributed by atoms with Crippen LogP contribution in [0.3, 0.4) is 0 Å². The van der Waals surface area contributed by atoms with Crippen LogP contribution in [0.25, 0.3) is 27.8 Å². The number of carbonyl (C=O) groups excluding carboxylic acids is 1. The number of aryl methyl sites for hydroxylation is 2. The van der Waals surface area contributed by atoms with Gasteiger partial charge in [-0.05, 0) is 87.2 Å². The highest BCUT2D eigenvalue weighted by atomic mass is 16.8. The van der Waals surface area contributed by atoms with E-state index in [1.165, 1.54) is 36.6 Å². The van der Waals surface area contributed by atoms with Crippen molar-refractivity contribution in [1.29, 1.82) is 0 Å². The van der Waals surface area contributed by atoms with Crippen molar-refractivity contribution in [2.24, 2.45) is 16.8 Å². The van der Waals surface area contributed by atoms with Crippen LogP contribution in [0.2, 0.25) is 0 Å². The zero-order chi connectivity index (χ0) is 43.1. The number of aliphatic carboxylic acids is 1. The Hall–Kier alpha value is -5.76. The number of aliphatic hydroxyl groups is 4. The van der Waals surface area contributed by atoms with E-state index in [0.717, 1.165) is 22.3 Å². The number of nitrogens with one attached hydrogen (secondary N) is 2. The van der Waals surface area contributed by atoms with Gasteiger partial charge in [-0.2, -0.15) is 9.90 Å². The number of hydroxylamine groups is 2. The number of benzene rings is 3. The number of phenolic OH excluding ortho intramolecular Hbond substituents is 1. The summed E-state index contributed by atoms with van der Waals surface area (Å²) in [5.41, 5.74) is 5.47. The summed E-state index contributed by atoms with van der Waals surface area (Å²) in [5.74, 6) is -5.25. The first-order valence-electron chi connectivity index (χ1n) is 19.9. The Labute approximate surface area is 348 Å². The minimum absolute atomic E-state index is 0.0313. The van der Waals surface area contributed by atoms with Crippen molar-refractivity contribution in [3.8, 4) is 22.6 Å². The van der Waals surface area contributed by atoms with Gasteiger partial charge in [-0.15, -0.1) is 0 Å². The molecule has 10 unspecified atom stereocenters. The number of allylic oxidation sites excluding steroid dienone is 1. The van der Waals surface area contributed by atoms with Crippen molar-refractivity contribution >= 4 is 34.8 Å². The molecular formula is C44H46N3O14+. The Morgan fingerprint density at radius 3 is 2.49 bits per heavy atom. The molecule has 4 aliphatic rings. The number of piperidine rings is 1. The molecule has 320 valence electrons. The van der Waals surface area contributed by atoms with E-state index in [-0.39, 0.29) is 40.0 Å². The van der Waals surface area contributed by atoms with Gasteiger partial charge in [0, 0.05) is 36.1 Å². The van der Waals surface area contributed by atoms with Crippen LogP contribution in [0.1, 0.15) is 29.5 Å². The zero-order valence-electron chi connectivity index (χ0n) is 33.1. The largest absolute Gasteiger partial charge is 0.508 e. The van der Waals surface area contributed by atoms with Crippen LogP contribution < -0.4 is 20.5 Å². The number of fused-ring (bicyclic) bond motifs is 2. The minimum Gasteiger partial charge on any atom is -0.508 e. The Kier molecular flexibility index (Phi) is 11.9. The fourth-order valence-corrected chi connectivity index (χ4v) is 8.52. The lowest BCUT2D eigenvalue weighted by molar-refractivity contribution is -1.04. The number of hydrogen-bond acceptors (Lipinski definition) is 15. The van der Waals surface area contributed by atoms with Gasteiger partial charge >= 0.3 is 11.9 Å². The standard InChI is InChI=1S/C44H45N3O14/c1-21-14-22(2)16-26(15-21)35-34-24(11-13-46-34)18-47(35)61-40-38(52)37(51)39(43(56)60-42(55)32(41(53)54)33-25(19-48)4-3-12-45-33)59-44(40)58-28-9-10-29-31(17-28)57-20-30(36(29)50)23-5-7-27(49)8-6-23/h5-11,13-17,20,25,32-33,37-40,43-45,48-49,51-52,56H,3-4,12,18-19H2,1-2H3,(H,53,54)/p+1. The van der Waals surface area contributed by atoms with Gasteiger partial charge in [0.05, 0.1) is 10.9 Å². The predicted molar refractivity (Wildman–Crippen MR) is 216 cm³/mol. The summed E-state index contributed by atoms with van der Waals surface area (Å²) < 4.78 is 23.5. The molecule has 10 atom stereocenters. The summed E-state index contributed by atoms with van der Waals surface area (Å²) in [4.78, 5) is 50.5. The highest BCUT2D eigenvalue weighted by Gasteiger charge is 2.54. The van der Waals surface area contributed by atoms with Crippen molar-refractivity contribution in [2.45, 2.75) is 69.7 Å². The Balaban J connectivity index is 1.11. The van der Waals surface area contributed by atoms with Gasteiger partial charge in [-0.25, -0.2) is 4.99 Å². The van der Waals surface area contributed by atoms with Gasteiger partial charge in [0.15, 0.2) is 23.1 Å². The number of aliphatic imine (C=N–C) groups is 1. The molecule has 2 fully saturated rings. The van der Waals surface area contributed by atoms with Crippen LogP contribution in [-0.2, 0) is 23.9 Å². The molecule has 8 N–H and O–H groups in total. The Morgan fingerprint density at radius 1 is 1.02 bits per heavy atom. The maximum Gasteiger partial charge on any atom is 0.324 e. The molecule has 8 rings (SSSR count). The SMILES string of the molecule is Cc1cc(C)cc(C2=C3N=CC=C3C[NH+]2OC2C(Oc3ccc4c(=O)c(-c5ccc(O)cc5)coc4c3)OC(C(O)OC(=O)C(C(=O)O)C3NCCCC3CO)C(O)C2O)c1. The van der Waals surface area contributed by atoms with E-state index < -0.39 is 73.4 Å². The number of carbonyl (C=O) groups is 2. The van der Waals surface area contributed by atoms with Crippen LogP contribution >= 0.6 is 0 Å². The predicted octanol–water partition coefficient (Wildman–Crippen LogP) is 1.11. The molecule has 4 aliphatic heterocycles. The minimum atomic E-state index is -2.32. The third kappa shape index (κ3) is 8.34. The molecule has 3 aromatic carbocycles. The first-order valence-corrected chi connectivity index (χ1v) is 19.9. The van der Waals surface area contributed by atoms with E-state index in [0.29, 0.717) is 41.4 Å². The van der Waals surface area contributed by atoms with Gasteiger partial charge in [0.25, 0.3) is 0 Å². The van der Waals surface area contributed by atoms with Crippen molar-refractivity contribution in [2.75, 3.05) is 19.7 Å². The molecule has 17 heteroatoms. The molecule has 0 amide bonds. The molecule has 0 radical (unpaired) electrons. The third-order valence-electron chi connectivity index (χ3n) is 11.5. The number of aliphatic hydroxyl groups excluding tert-OH is 4. The molecule has 0 aliphatic carbocycles. The summed E-state index contributed by atoms with van der Waals surface area (Å²) >= 11 is 0. The van der Waals surface area contributed by atoms with Gasteiger partial charge in [0.1, 0.15) is 47.8 Å². The second kappa shape index (κ2) is 17.3. The summed E-state index contributed by atoms with van der Waals surface area (Å²) in [5, 5.41) is 67.8. The molecule has 61 heavy (non-hydrogen) atoms. The first kappa shape index (κ1) is 42.0. The van der Waals surface area contributed by atoms with Gasteiger partial charge in [-0.1, -0.05) is 29.3 Å². The Bertz CT molecular complexity index is 2460. The molecule has 4 aromatic rings. The van der Waals surface area contributed by atoms with Crippen molar-refractivity contribution < 1.29 is 68.8 Å². The van der Waals surface area contributed by atoms with E-state index in [9.17, 15) is 45.0 Å². The molecule has 17 nitrogen and oxygen atoms in total. The number of phenols is 1. The number of carboxylic acid groups (broad SMARTS) is 1. The van der Waals surface area contributed by atoms with Gasteiger partial charge in [-0.3, -0.25) is 14.4 Å². The number of quaternary nitrogens is 1. The third-order valence-corrected chi connectivity index (χ3v) is 11.5. The molecular weight excluding hydrogens is 794 g/mol. The monoisotopic (exact) mass is 840 g/mol. The second-order valence-corrected chi connectivity index (χ2v) is 15.7. The summed E-state index contributed by atoms with van der Waals surface area (Å²) in [6, 6.07) is 15.3. The van der Waals surface area contributed by atoms with Crippen molar-refractivity contribution in [1.82, 2.24) is 5.32 Å². The fourth-order valence-electron chi connectivity index (χ4n) is 8.52. The molecule has 1 aromatic heterocycles. The van der Waals surface area contributed by atoms with E-state index in [1.54, 1.807) is 18.3 Å². The quantitative estimate of drug-likeness (QED) is 0.0566. The highest BCUT2D eigenvalue weighted by molar-refractivity contribution is 5.95. The molecule has 0 bridgehead atoms. The van der Waals surface area contributed by atoms with E-state index in [2.05, 4.69) is 10.3 Å². The molecule has 2 saturated heterocycles. The number of carboxylic acids is 1. The van der Waals surface area contributed by atoms with E-state index >= 15 is 0 Å². The molecule has 0 spiro atoms. The average Bonchev–Trinajstić information content (AvgIpc) is 3.82. The second-order valence-electron chi connectivity index (χ2n) is 15.7. The van der Waals surface area contributed by atoms with E-state index in [1.807, 2.05) is 38.1 Å². The van der Waals surface area contributed by atoms with Crippen LogP contribution in [0.4, 0.5) is 0 Å². The lowest BCUT2D eigenvalue weighted by Crippen LogP contribution is -3.08. The van der Waals surface area contributed by atoms with Gasteiger partial charge < -0.3 is 54.6 Å². The Morgan fingerprint density at radius 2 is 1.77 bits per heavy atom. The lowest BCUT2D eigenvalue weighted by atomic mass is 9.83. The molecule has 0 saturated carbocycles. The van der Waals surface area contributed by atoms with Crippen LogP contribution in [0, 0.1) is 25.7 Å². The zero-order valence-corrected chi connectivity index (χ0v) is 33.1. The number of esters is 1. The smallest absolute Gasteiger partial charge is 0.324 e. The topological polar surface area (TPSA) is 251 Å². The van der Waals surface area contributed by atoms with Crippen LogP contribution in [0.5, 0.6) is 11.5 Å². The van der Waals surface area contributed by atoms with E-state index in [4.69, 9.17) is 23.5 Å². The maximum absolute atomic E-state index is 13.5. The number of nitrogens with zero attached hydrogens (tertiary/aromatic N) is 1. The number of aromatic hydroxyl groups is 1. The number of hydrogen-bond donors (Lipinski definition) is 8. The summed E-state index contributed by atoms with van der Waals surface area (Å²) in [6.45, 7) is 4.17. The van der Waals surface area contributed by atoms with Crippen molar-refractivity contribution in [3.63, 3.8) is 0 Å². The lowest BCUT2D eigenvalue weighted by Gasteiger charge is -2.42. The molecule has 5 heterocycles. The maximum atomic E-state index is 13.5. The normalized spacial score (nSPS) is 27.1. The number of ether oxygens (including phenoxy) is 3. The van der Waals surface area contributed by atoms with Crippen LogP contribution in [-0.4, -0.2) is 112 Å². The van der Waals surface area contributed by atoms with Crippen molar-refractivity contribution in [3.05, 3.63) is 111 Å². The fraction of sp³-hybridized carbons (Fsp3) is 0.364. The summed E-state index contributed by atoms with van der Waals surface area (Å²) in [6.07, 6.45) is -5.31. The van der Waals surface area contributed by atoms with Gasteiger partial charge in [0.2, 0.25) is 18.7 Å². The average molecular weight is 841 g/mol. The highest BCUT2D eigenvalue weighted by Crippen LogP contribution is 2.33. The number of rotatable bonds is 12. The van der Waals surface area contributed by atoms with Crippen LogP contribution in [0.15, 0.2) is 98.5 Å². The first-order chi connectivity index (χ1) is 29.3. The summed E-state index contributed by atoms with van der Waals surface area (Å²) in [7, 11) is 0.